The summed E-state index contributed by atoms with van der Waals surface area (Å²) in [4.78, 5) is 16.6. The number of halogens is 3. The lowest BCUT2D eigenvalue weighted by molar-refractivity contribution is 0.0996. The number of amides is 1. The molecule has 2 aromatic rings. The summed E-state index contributed by atoms with van der Waals surface area (Å²) in [7, 11) is 1.54. The molecule has 5 nitrogen and oxygen atoms in total. The molecule has 2 aliphatic rings. The Morgan fingerprint density at radius 3 is 2.61 bits per heavy atom. The van der Waals surface area contributed by atoms with Crippen molar-refractivity contribution in [1.29, 1.82) is 0 Å². The minimum atomic E-state index is -1.07. The molecule has 1 saturated heterocycles. The number of likely N-dealkylation sites (tertiary alicyclic amines) is 1. The van der Waals surface area contributed by atoms with Gasteiger partial charge in [-0.3, -0.25) is 9.69 Å². The van der Waals surface area contributed by atoms with Gasteiger partial charge >= 0.3 is 0 Å². The molecule has 1 fully saturated rings. The Labute approximate surface area is 185 Å². The van der Waals surface area contributed by atoms with Gasteiger partial charge < -0.3 is 14.4 Å². The van der Waals surface area contributed by atoms with Gasteiger partial charge in [-0.05, 0) is 50.0 Å². The molecule has 0 spiro atoms. The minimum Gasteiger partial charge on any atom is -0.493 e. The Bertz CT molecular complexity index is 993. The number of ether oxygens (including phenoxy) is 2. The number of hydrogen-bond donors (Lipinski definition) is 0. The van der Waals surface area contributed by atoms with Gasteiger partial charge in [0.05, 0.1) is 24.2 Å². The Kier molecular flexibility index (Phi) is 6.34. The van der Waals surface area contributed by atoms with Crippen molar-refractivity contribution in [3.63, 3.8) is 0 Å². The molecule has 1 amide bonds. The Morgan fingerprint density at radius 1 is 1.16 bits per heavy atom. The van der Waals surface area contributed by atoms with Gasteiger partial charge in [-0.1, -0.05) is 18.5 Å². The number of nitrogens with zero attached hydrogens (tertiary/aromatic N) is 2. The molecule has 2 heterocycles. The molecule has 0 aliphatic carbocycles. The molecule has 31 heavy (non-hydrogen) atoms. The van der Waals surface area contributed by atoms with Crippen molar-refractivity contribution in [2.24, 2.45) is 5.92 Å². The summed E-state index contributed by atoms with van der Waals surface area (Å²) in [5.74, 6) is -0.789. The largest absolute Gasteiger partial charge is 0.493 e. The Morgan fingerprint density at radius 2 is 1.90 bits per heavy atom. The summed E-state index contributed by atoms with van der Waals surface area (Å²) in [6.07, 6.45) is 2.38. The van der Waals surface area contributed by atoms with E-state index in [0.717, 1.165) is 31.6 Å². The van der Waals surface area contributed by atoms with Crippen LogP contribution in [0.4, 0.5) is 14.5 Å². The van der Waals surface area contributed by atoms with Gasteiger partial charge in [-0.15, -0.1) is 0 Å². The number of rotatable bonds is 6. The number of carbonyl (C=O) groups excluding carboxylic acids is 1. The third-order valence-electron chi connectivity index (χ3n) is 6.04. The monoisotopic (exact) mass is 450 g/mol. The van der Waals surface area contributed by atoms with Crippen LogP contribution < -0.4 is 14.4 Å². The van der Waals surface area contributed by atoms with Crippen LogP contribution in [0.25, 0.3) is 0 Å². The highest BCUT2D eigenvalue weighted by Crippen LogP contribution is 2.38. The summed E-state index contributed by atoms with van der Waals surface area (Å²) < 4.78 is 39.3. The van der Waals surface area contributed by atoms with E-state index in [2.05, 4.69) is 11.8 Å². The van der Waals surface area contributed by atoms with Crippen LogP contribution in [-0.4, -0.2) is 44.2 Å². The molecule has 0 N–H and O–H groups in total. The summed E-state index contributed by atoms with van der Waals surface area (Å²) in [6, 6.07) is 5.90. The van der Waals surface area contributed by atoms with Crippen LogP contribution >= 0.6 is 11.6 Å². The summed E-state index contributed by atoms with van der Waals surface area (Å²) in [6.45, 7) is 5.57. The maximum atomic E-state index is 14.2. The van der Waals surface area contributed by atoms with Gasteiger partial charge in [0.15, 0.2) is 23.1 Å². The fourth-order valence-electron chi connectivity index (χ4n) is 4.11. The van der Waals surface area contributed by atoms with Crippen molar-refractivity contribution >= 4 is 23.2 Å². The number of fused-ring (bicyclic) bond motifs is 1. The van der Waals surface area contributed by atoms with Gasteiger partial charge in [0.1, 0.15) is 6.61 Å². The zero-order chi connectivity index (χ0) is 22.1. The van der Waals surface area contributed by atoms with E-state index < -0.39 is 17.5 Å². The van der Waals surface area contributed by atoms with Gasteiger partial charge in [0.25, 0.3) is 5.91 Å². The number of anilines is 1. The third kappa shape index (κ3) is 4.34. The minimum absolute atomic E-state index is 0.00169. The molecule has 0 radical (unpaired) electrons. The highest BCUT2D eigenvalue weighted by molar-refractivity contribution is 6.35. The number of benzene rings is 2. The third-order valence-corrected chi connectivity index (χ3v) is 6.34. The molecule has 0 bridgehead atoms. The number of carbonyl (C=O) groups is 1. The Hall–Kier alpha value is -2.38. The van der Waals surface area contributed by atoms with Crippen molar-refractivity contribution in [3.8, 4) is 11.5 Å². The van der Waals surface area contributed by atoms with E-state index in [1.54, 1.807) is 25.3 Å². The smallest absolute Gasteiger partial charge is 0.260 e. The van der Waals surface area contributed by atoms with E-state index in [0.29, 0.717) is 23.8 Å². The number of hydrogen-bond acceptors (Lipinski definition) is 4. The first-order chi connectivity index (χ1) is 14.9. The molecular weight excluding hydrogens is 426 g/mol. The van der Waals surface area contributed by atoms with E-state index in [1.807, 2.05) is 0 Å². The molecule has 0 aromatic heterocycles. The predicted molar refractivity (Wildman–Crippen MR) is 115 cm³/mol. The molecule has 8 heteroatoms. The SMILES string of the molecule is COc1ccc(N2Cc3c(F)c(F)cc(Cl)c3C2=O)cc1OCCN1CCC(C)CC1. The zero-order valence-electron chi connectivity index (χ0n) is 17.6. The van der Waals surface area contributed by atoms with Crippen LogP contribution in [0.3, 0.4) is 0 Å². The van der Waals surface area contributed by atoms with Crippen molar-refractivity contribution < 1.29 is 23.0 Å². The van der Waals surface area contributed by atoms with Crippen molar-refractivity contribution in [2.75, 3.05) is 38.3 Å². The van der Waals surface area contributed by atoms with Crippen LogP contribution in [0.15, 0.2) is 24.3 Å². The summed E-state index contributed by atoms with van der Waals surface area (Å²) >= 11 is 6.02. The van der Waals surface area contributed by atoms with E-state index in [4.69, 9.17) is 21.1 Å². The average molecular weight is 451 g/mol. The highest BCUT2D eigenvalue weighted by atomic mass is 35.5. The molecular formula is C23H25ClF2N2O3. The maximum Gasteiger partial charge on any atom is 0.260 e. The summed E-state index contributed by atoms with van der Waals surface area (Å²) in [5, 5.41) is -0.0952. The molecule has 4 rings (SSSR count). The van der Waals surface area contributed by atoms with Gasteiger partial charge in [-0.2, -0.15) is 0 Å². The topological polar surface area (TPSA) is 42.0 Å². The van der Waals surface area contributed by atoms with E-state index >= 15 is 0 Å². The Balaban J connectivity index is 1.50. The molecule has 0 saturated carbocycles. The van der Waals surface area contributed by atoms with Gasteiger partial charge in [-0.25, -0.2) is 8.78 Å². The lowest BCUT2D eigenvalue weighted by atomic mass is 9.99. The first kappa shape index (κ1) is 21.8. The van der Waals surface area contributed by atoms with Crippen molar-refractivity contribution in [1.82, 2.24) is 4.90 Å². The quantitative estimate of drug-likeness (QED) is 0.587. The second-order valence-electron chi connectivity index (χ2n) is 8.11. The standard InChI is InChI=1S/C23H25ClF2N2O3/c1-14-5-7-27(8-6-14)9-10-31-20-11-15(3-4-19(20)30-2)28-13-16-21(23(28)29)17(24)12-18(25)22(16)26/h3-4,11-12,14H,5-10,13H2,1-2H3. The van der Waals surface area contributed by atoms with E-state index in [9.17, 15) is 13.6 Å². The zero-order valence-corrected chi connectivity index (χ0v) is 18.3. The van der Waals surface area contributed by atoms with Crippen LogP contribution in [0.1, 0.15) is 35.7 Å². The number of methoxy groups -OCH3 is 1. The van der Waals surface area contributed by atoms with Crippen LogP contribution in [0.5, 0.6) is 11.5 Å². The average Bonchev–Trinajstić information content (AvgIpc) is 3.11. The van der Waals surface area contributed by atoms with E-state index in [-0.39, 0.29) is 22.7 Å². The molecule has 2 aromatic carbocycles. The molecule has 0 atom stereocenters. The van der Waals surface area contributed by atoms with Crippen LogP contribution in [-0.2, 0) is 6.54 Å². The fourth-order valence-corrected chi connectivity index (χ4v) is 4.41. The molecule has 0 unspecified atom stereocenters. The van der Waals surface area contributed by atoms with Gasteiger partial charge in [0.2, 0.25) is 0 Å². The molecule has 166 valence electrons. The first-order valence-electron chi connectivity index (χ1n) is 10.4. The van der Waals surface area contributed by atoms with Crippen LogP contribution in [0.2, 0.25) is 5.02 Å². The molecule has 2 aliphatic heterocycles. The van der Waals surface area contributed by atoms with E-state index in [1.165, 1.54) is 17.7 Å². The lowest BCUT2D eigenvalue weighted by Crippen LogP contribution is -2.35. The van der Waals surface area contributed by atoms with Gasteiger partial charge in [0, 0.05) is 23.9 Å². The second kappa shape index (κ2) is 9.01. The highest BCUT2D eigenvalue weighted by Gasteiger charge is 2.35. The fraction of sp³-hybridized carbons (Fsp3) is 0.435. The van der Waals surface area contributed by atoms with Crippen molar-refractivity contribution in [2.45, 2.75) is 26.3 Å². The first-order valence-corrected chi connectivity index (χ1v) is 10.8. The number of piperidine rings is 1. The van der Waals surface area contributed by atoms with Crippen molar-refractivity contribution in [3.05, 3.63) is 52.0 Å². The lowest BCUT2D eigenvalue weighted by Gasteiger charge is -2.30. The second-order valence-corrected chi connectivity index (χ2v) is 8.51. The van der Waals surface area contributed by atoms with Crippen LogP contribution in [0, 0.1) is 17.6 Å². The normalized spacial score (nSPS) is 17.2. The predicted octanol–water partition coefficient (Wildman–Crippen LogP) is 4.90. The summed E-state index contributed by atoms with van der Waals surface area (Å²) in [5.41, 5.74) is 0.463. The maximum absolute atomic E-state index is 14.2.